The summed E-state index contributed by atoms with van der Waals surface area (Å²) in [6.45, 7) is 3.79. The van der Waals surface area contributed by atoms with E-state index in [1.165, 1.54) is 13.0 Å². The van der Waals surface area contributed by atoms with Gasteiger partial charge in [0.15, 0.2) is 6.10 Å². The van der Waals surface area contributed by atoms with Gasteiger partial charge in [-0.25, -0.2) is 4.79 Å². The molecule has 1 amide bonds. The van der Waals surface area contributed by atoms with Crippen LogP contribution in [-0.4, -0.2) is 24.6 Å². The second-order valence-corrected chi connectivity index (χ2v) is 6.52. The summed E-state index contributed by atoms with van der Waals surface area (Å²) in [6.07, 6.45) is -1.04. The van der Waals surface area contributed by atoms with Gasteiger partial charge in [0.1, 0.15) is 11.5 Å². The fourth-order valence-corrected chi connectivity index (χ4v) is 2.84. The lowest BCUT2D eigenvalue weighted by Gasteiger charge is -2.15. The Labute approximate surface area is 173 Å². The molecule has 0 aliphatic rings. The van der Waals surface area contributed by atoms with Crippen LogP contribution in [0, 0.1) is 0 Å². The second kappa shape index (κ2) is 9.30. The van der Waals surface area contributed by atoms with E-state index in [1.807, 2.05) is 13.0 Å². The normalized spacial score (nSPS) is 11.6. The lowest BCUT2D eigenvalue weighted by atomic mass is 10.2. The van der Waals surface area contributed by atoms with Gasteiger partial charge < -0.3 is 19.2 Å². The zero-order chi connectivity index (χ0) is 20.8. The molecule has 7 heteroatoms. The molecule has 6 nitrogen and oxygen atoms in total. The van der Waals surface area contributed by atoms with Crippen LogP contribution in [0.25, 0.3) is 11.3 Å². The van der Waals surface area contributed by atoms with Gasteiger partial charge >= 0.3 is 5.97 Å². The summed E-state index contributed by atoms with van der Waals surface area (Å²) in [5.41, 5.74) is 1.16. The molecule has 150 valence electrons. The lowest BCUT2D eigenvalue weighted by Crippen LogP contribution is -2.30. The first-order valence-electron chi connectivity index (χ1n) is 9.08. The van der Waals surface area contributed by atoms with E-state index in [0.29, 0.717) is 34.4 Å². The molecule has 1 unspecified atom stereocenters. The third kappa shape index (κ3) is 4.97. The Hall–Kier alpha value is -3.25. The highest BCUT2D eigenvalue weighted by molar-refractivity contribution is 6.33. The average molecular weight is 414 g/mol. The number of amides is 1. The average Bonchev–Trinajstić information content (AvgIpc) is 3.20. The molecule has 0 aliphatic heterocycles. The van der Waals surface area contributed by atoms with Crippen LogP contribution in [0.15, 0.2) is 65.1 Å². The number of hydrogen-bond donors (Lipinski definition) is 1. The van der Waals surface area contributed by atoms with Gasteiger partial charge in [0.05, 0.1) is 17.3 Å². The van der Waals surface area contributed by atoms with E-state index < -0.39 is 18.0 Å². The van der Waals surface area contributed by atoms with Gasteiger partial charge in [-0.3, -0.25) is 4.79 Å². The van der Waals surface area contributed by atoms with Gasteiger partial charge in [0.2, 0.25) is 5.76 Å². The Kier molecular flexibility index (Phi) is 6.57. The molecule has 0 spiro atoms. The van der Waals surface area contributed by atoms with Crippen LogP contribution >= 0.6 is 11.6 Å². The van der Waals surface area contributed by atoms with E-state index in [4.69, 9.17) is 25.5 Å². The number of benzene rings is 2. The topological polar surface area (TPSA) is 77.8 Å². The molecule has 1 heterocycles. The summed E-state index contributed by atoms with van der Waals surface area (Å²) in [7, 11) is 0. The highest BCUT2D eigenvalue weighted by Crippen LogP contribution is 2.29. The molecule has 0 radical (unpaired) electrons. The van der Waals surface area contributed by atoms with Crippen molar-refractivity contribution in [2.45, 2.75) is 20.0 Å². The van der Waals surface area contributed by atoms with Gasteiger partial charge in [-0.1, -0.05) is 35.9 Å². The van der Waals surface area contributed by atoms with Gasteiger partial charge in [0, 0.05) is 5.56 Å². The largest absolute Gasteiger partial charge is 0.492 e. The van der Waals surface area contributed by atoms with Crippen molar-refractivity contribution in [2.75, 3.05) is 11.9 Å². The number of para-hydroxylation sites is 2. The van der Waals surface area contributed by atoms with Crippen LogP contribution in [0.4, 0.5) is 5.69 Å². The van der Waals surface area contributed by atoms with Crippen molar-refractivity contribution in [3.63, 3.8) is 0 Å². The van der Waals surface area contributed by atoms with E-state index in [9.17, 15) is 9.59 Å². The zero-order valence-electron chi connectivity index (χ0n) is 16.0. The zero-order valence-corrected chi connectivity index (χ0v) is 16.7. The predicted molar refractivity (Wildman–Crippen MR) is 110 cm³/mol. The van der Waals surface area contributed by atoms with E-state index in [1.54, 1.807) is 48.5 Å². The molecule has 0 saturated heterocycles. The fraction of sp³-hybridized carbons (Fsp3) is 0.182. The number of rotatable bonds is 7. The second-order valence-electron chi connectivity index (χ2n) is 6.11. The maximum atomic E-state index is 12.4. The van der Waals surface area contributed by atoms with Gasteiger partial charge in [-0.15, -0.1) is 0 Å². The third-order valence-electron chi connectivity index (χ3n) is 4.04. The molecule has 3 rings (SSSR count). The molecule has 29 heavy (non-hydrogen) atoms. The Morgan fingerprint density at radius 3 is 2.55 bits per heavy atom. The number of furan rings is 1. The predicted octanol–water partition coefficient (Wildman–Crippen LogP) is 5.18. The molecule has 0 saturated carbocycles. The van der Waals surface area contributed by atoms with Crippen molar-refractivity contribution in [3.05, 3.63) is 71.4 Å². The van der Waals surface area contributed by atoms with Crippen molar-refractivity contribution >= 4 is 29.2 Å². The van der Waals surface area contributed by atoms with Crippen LogP contribution in [0.1, 0.15) is 24.4 Å². The maximum absolute atomic E-state index is 12.4. The molecule has 0 fully saturated rings. The Balaban J connectivity index is 1.65. The molecule has 1 N–H and O–H groups in total. The van der Waals surface area contributed by atoms with Crippen molar-refractivity contribution in [1.82, 2.24) is 0 Å². The Morgan fingerprint density at radius 2 is 1.79 bits per heavy atom. The smallest absolute Gasteiger partial charge is 0.375 e. The molecule has 3 aromatic rings. The van der Waals surface area contributed by atoms with E-state index in [0.717, 1.165) is 0 Å². The fourth-order valence-electron chi connectivity index (χ4n) is 2.61. The number of nitrogens with one attached hydrogen (secondary N) is 1. The molecule has 0 aliphatic carbocycles. The lowest BCUT2D eigenvalue weighted by molar-refractivity contribution is -0.123. The monoisotopic (exact) mass is 413 g/mol. The molecule has 0 bridgehead atoms. The van der Waals surface area contributed by atoms with Crippen molar-refractivity contribution in [1.29, 1.82) is 0 Å². The van der Waals surface area contributed by atoms with Crippen molar-refractivity contribution in [2.24, 2.45) is 0 Å². The summed E-state index contributed by atoms with van der Waals surface area (Å²) in [4.78, 5) is 24.8. The van der Waals surface area contributed by atoms with E-state index in [2.05, 4.69) is 5.32 Å². The summed E-state index contributed by atoms with van der Waals surface area (Å²) in [6, 6.07) is 17.3. The minimum atomic E-state index is -1.04. The van der Waals surface area contributed by atoms with Crippen LogP contribution in [0.5, 0.6) is 5.75 Å². The standard InChI is InChI=1S/C22H20ClNO5/c1-3-27-19-11-7-6-10-17(19)24-21(25)14(2)28-22(26)20-13-12-18(29-20)15-8-4-5-9-16(15)23/h4-14H,3H2,1-2H3,(H,24,25). The van der Waals surface area contributed by atoms with E-state index >= 15 is 0 Å². The van der Waals surface area contributed by atoms with Crippen LogP contribution < -0.4 is 10.1 Å². The van der Waals surface area contributed by atoms with E-state index in [-0.39, 0.29) is 5.76 Å². The molecular formula is C22H20ClNO5. The number of halogens is 1. The summed E-state index contributed by atoms with van der Waals surface area (Å²) in [5.74, 6) is -0.274. The van der Waals surface area contributed by atoms with Crippen LogP contribution in [0.2, 0.25) is 5.02 Å². The third-order valence-corrected chi connectivity index (χ3v) is 4.37. The van der Waals surface area contributed by atoms with Crippen molar-refractivity contribution in [3.8, 4) is 17.1 Å². The first kappa shape index (κ1) is 20.5. The highest BCUT2D eigenvalue weighted by Gasteiger charge is 2.22. The number of anilines is 1. The molecule has 1 atom stereocenters. The molecule has 1 aromatic heterocycles. The first-order chi connectivity index (χ1) is 14.0. The van der Waals surface area contributed by atoms with Gasteiger partial charge in [-0.2, -0.15) is 0 Å². The Bertz CT molecular complexity index is 1010. The number of carbonyl (C=O) groups excluding carboxylic acids is 2. The quantitative estimate of drug-likeness (QED) is 0.540. The number of carbonyl (C=O) groups is 2. The molecule has 2 aromatic carbocycles. The number of hydrogen-bond acceptors (Lipinski definition) is 5. The van der Waals surface area contributed by atoms with Crippen LogP contribution in [0.3, 0.4) is 0 Å². The van der Waals surface area contributed by atoms with Gasteiger partial charge in [0.25, 0.3) is 5.91 Å². The summed E-state index contributed by atoms with van der Waals surface area (Å²) >= 11 is 6.15. The first-order valence-corrected chi connectivity index (χ1v) is 9.45. The van der Waals surface area contributed by atoms with Crippen LogP contribution in [-0.2, 0) is 9.53 Å². The van der Waals surface area contributed by atoms with Gasteiger partial charge in [-0.05, 0) is 50.2 Å². The maximum Gasteiger partial charge on any atom is 0.375 e. The SMILES string of the molecule is CCOc1ccccc1NC(=O)C(C)OC(=O)c1ccc(-c2ccccc2Cl)o1. The highest BCUT2D eigenvalue weighted by atomic mass is 35.5. The Morgan fingerprint density at radius 1 is 1.07 bits per heavy atom. The minimum Gasteiger partial charge on any atom is -0.492 e. The number of ether oxygens (including phenoxy) is 2. The summed E-state index contributed by atoms with van der Waals surface area (Å²) < 4.78 is 16.3. The minimum absolute atomic E-state index is 0.0192. The van der Waals surface area contributed by atoms with Crippen molar-refractivity contribution < 1.29 is 23.5 Å². The summed E-state index contributed by atoms with van der Waals surface area (Å²) in [5, 5.41) is 3.20. The number of esters is 1. The molecular weight excluding hydrogens is 394 g/mol.